The van der Waals surface area contributed by atoms with Crippen LogP contribution in [-0.4, -0.2) is 22.9 Å². The molecule has 5 nitrogen and oxygen atoms in total. The van der Waals surface area contributed by atoms with Gasteiger partial charge < -0.3 is 15.6 Å². The molecule has 0 bridgehead atoms. The zero-order valence-electron chi connectivity index (χ0n) is 10.3. The van der Waals surface area contributed by atoms with Gasteiger partial charge in [-0.25, -0.2) is 4.98 Å². The van der Waals surface area contributed by atoms with Crippen molar-refractivity contribution in [1.82, 2.24) is 9.97 Å². The third-order valence-electron chi connectivity index (χ3n) is 3.33. The van der Waals surface area contributed by atoms with Crippen molar-refractivity contribution >= 4 is 17.5 Å². The second-order valence-corrected chi connectivity index (χ2v) is 4.57. The van der Waals surface area contributed by atoms with Gasteiger partial charge in [-0.15, -0.1) is 0 Å². The largest absolute Gasteiger partial charge is 0.369 e. The number of nitrogens with zero attached hydrogens (tertiary/aromatic N) is 2. The monoisotopic (exact) mass is 242 g/mol. The number of amides is 1. The van der Waals surface area contributed by atoms with Crippen LogP contribution in [0.2, 0.25) is 0 Å². The predicted octanol–water partition coefficient (Wildman–Crippen LogP) is 1.49. The summed E-state index contributed by atoms with van der Waals surface area (Å²) < 4.78 is 0. The summed E-state index contributed by atoms with van der Waals surface area (Å²) in [6, 6.07) is 5.94. The number of nitrogens with one attached hydrogen (secondary N) is 1. The Hall–Kier alpha value is -2.30. The second kappa shape index (κ2) is 3.60. The molecule has 18 heavy (non-hydrogen) atoms. The summed E-state index contributed by atoms with van der Waals surface area (Å²) in [6.07, 6.45) is 0.457. The average Bonchev–Trinajstić information content (AvgIpc) is 2.80. The van der Waals surface area contributed by atoms with Crippen LogP contribution in [-0.2, 0) is 11.2 Å². The van der Waals surface area contributed by atoms with Crippen LogP contribution in [0.25, 0.3) is 11.3 Å². The Morgan fingerprint density at radius 2 is 2.22 bits per heavy atom. The van der Waals surface area contributed by atoms with E-state index in [0.717, 1.165) is 28.2 Å². The van der Waals surface area contributed by atoms with E-state index in [0.29, 0.717) is 12.4 Å². The normalized spacial score (nSPS) is 14.1. The van der Waals surface area contributed by atoms with Crippen molar-refractivity contribution in [2.24, 2.45) is 0 Å². The third-order valence-corrected chi connectivity index (χ3v) is 3.33. The molecule has 1 aromatic heterocycles. The summed E-state index contributed by atoms with van der Waals surface area (Å²) in [5.41, 5.74) is 10.4. The number of likely N-dealkylation sites (N-methyl/N-ethyl adjacent to an activating group) is 1. The molecule has 2 aromatic rings. The molecule has 0 fully saturated rings. The van der Waals surface area contributed by atoms with Crippen molar-refractivity contribution in [3.8, 4) is 11.3 Å². The number of fused-ring (bicyclic) bond motifs is 1. The van der Waals surface area contributed by atoms with Gasteiger partial charge in [-0.1, -0.05) is 6.07 Å². The van der Waals surface area contributed by atoms with E-state index in [4.69, 9.17) is 5.73 Å². The number of aryl methyl sites for hydroxylation is 1. The molecule has 0 aliphatic carbocycles. The van der Waals surface area contributed by atoms with Crippen LogP contribution in [0.4, 0.5) is 11.6 Å². The molecule has 2 heterocycles. The highest BCUT2D eigenvalue weighted by molar-refractivity contribution is 6.01. The van der Waals surface area contributed by atoms with E-state index < -0.39 is 0 Å². The van der Waals surface area contributed by atoms with Gasteiger partial charge in [-0.3, -0.25) is 4.79 Å². The fraction of sp³-hybridized carbons (Fsp3) is 0.231. The van der Waals surface area contributed by atoms with Crippen LogP contribution in [0.15, 0.2) is 18.2 Å². The Bertz CT molecular complexity index is 644. The van der Waals surface area contributed by atoms with Crippen molar-refractivity contribution < 1.29 is 4.79 Å². The number of aromatic nitrogens is 2. The summed E-state index contributed by atoms with van der Waals surface area (Å²) >= 11 is 0. The Labute approximate surface area is 105 Å². The van der Waals surface area contributed by atoms with Gasteiger partial charge in [0.05, 0.1) is 12.1 Å². The summed E-state index contributed by atoms with van der Waals surface area (Å²) in [5.74, 6) is 0.539. The molecular formula is C13H14N4O. The van der Waals surface area contributed by atoms with Gasteiger partial charge in [0.25, 0.3) is 0 Å². The Kier molecular flexibility index (Phi) is 2.16. The molecule has 1 amide bonds. The quantitative estimate of drug-likeness (QED) is 0.795. The van der Waals surface area contributed by atoms with Crippen LogP contribution in [0.3, 0.4) is 0 Å². The standard InChI is InChI=1S/C13H14N4O/c1-7-12(16-13(14)15-7)8-3-4-10-9(5-8)6-11(18)17(10)2/h3-5H,6H2,1-2H3,(H3,14,15,16). The van der Waals surface area contributed by atoms with E-state index in [2.05, 4.69) is 9.97 Å². The smallest absolute Gasteiger partial charge is 0.231 e. The molecule has 1 aliphatic rings. The molecule has 92 valence electrons. The van der Waals surface area contributed by atoms with Gasteiger partial charge in [0.2, 0.25) is 5.91 Å². The first-order chi connectivity index (χ1) is 8.56. The number of benzene rings is 1. The van der Waals surface area contributed by atoms with Crippen LogP contribution in [0.1, 0.15) is 11.3 Å². The van der Waals surface area contributed by atoms with Gasteiger partial charge in [0, 0.05) is 24.0 Å². The summed E-state index contributed by atoms with van der Waals surface area (Å²) in [5, 5.41) is 0. The van der Waals surface area contributed by atoms with Crippen LogP contribution < -0.4 is 10.6 Å². The van der Waals surface area contributed by atoms with Gasteiger partial charge in [-0.2, -0.15) is 0 Å². The predicted molar refractivity (Wildman–Crippen MR) is 70.3 cm³/mol. The highest BCUT2D eigenvalue weighted by Gasteiger charge is 2.24. The van der Waals surface area contributed by atoms with Crippen LogP contribution in [0, 0.1) is 6.92 Å². The number of hydrogen-bond donors (Lipinski definition) is 2. The maximum atomic E-state index is 11.6. The summed E-state index contributed by atoms with van der Waals surface area (Å²) in [4.78, 5) is 20.6. The van der Waals surface area contributed by atoms with E-state index in [1.165, 1.54) is 0 Å². The van der Waals surface area contributed by atoms with Crippen LogP contribution in [0.5, 0.6) is 0 Å². The topological polar surface area (TPSA) is 75.0 Å². The van der Waals surface area contributed by atoms with Crippen LogP contribution >= 0.6 is 0 Å². The fourth-order valence-corrected chi connectivity index (χ4v) is 2.38. The van der Waals surface area contributed by atoms with Gasteiger partial charge in [0.1, 0.15) is 0 Å². The van der Waals surface area contributed by atoms with E-state index in [-0.39, 0.29) is 5.91 Å². The molecule has 0 radical (unpaired) electrons. The van der Waals surface area contributed by atoms with Gasteiger partial charge in [-0.05, 0) is 24.6 Å². The minimum atomic E-state index is 0.125. The molecule has 0 unspecified atom stereocenters. The number of carbonyl (C=O) groups is 1. The molecule has 0 saturated carbocycles. The number of nitrogens with two attached hydrogens (primary N) is 1. The first-order valence-corrected chi connectivity index (χ1v) is 5.78. The lowest BCUT2D eigenvalue weighted by Gasteiger charge is -2.10. The minimum absolute atomic E-state index is 0.125. The number of rotatable bonds is 1. The number of aromatic amines is 1. The Balaban J connectivity index is 2.09. The van der Waals surface area contributed by atoms with Crippen molar-refractivity contribution in [3.63, 3.8) is 0 Å². The Morgan fingerprint density at radius 1 is 1.44 bits per heavy atom. The lowest BCUT2D eigenvalue weighted by molar-refractivity contribution is -0.117. The zero-order valence-corrected chi connectivity index (χ0v) is 10.3. The maximum absolute atomic E-state index is 11.6. The lowest BCUT2D eigenvalue weighted by Crippen LogP contribution is -2.20. The third kappa shape index (κ3) is 1.48. The number of imidazole rings is 1. The summed E-state index contributed by atoms with van der Waals surface area (Å²) in [6.45, 7) is 1.93. The first-order valence-electron chi connectivity index (χ1n) is 5.78. The molecule has 1 aromatic carbocycles. The number of nitrogen functional groups attached to an aromatic ring is 1. The molecule has 3 rings (SSSR count). The molecule has 5 heteroatoms. The average molecular weight is 242 g/mol. The maximum Gasteiger partial charge on any atom is 0.231 e. The first kappa shape index (κ1) is 10.8. The van der Waals surface area contributed by atoms with E-state index >= 15 is 0 Å². The molecule has 0 atom stereocenters. The molecule has 3 N–H and O–H groups in total. The SMILES string of the molecule is Cc1[nH]c(N)nc1-c1ccc2c(c1)CC(=O)N2C. The van der Waals surface area contributed by atoms with Crippen molar-refractivity contribution in [2.45, 2.75) is 13.3 Å². The molecule has 1 aliphatic heterocycles. The van der Waals surface area contributed by atoms with Crippen molar-refractivity contribution in [2.75, 3.05) is 17.7 Å². The highest BCUT2D eigenvalue weighted by Crippen LogP contribution is 2.32. The molecule has 0 spiro atoms. The van der Waals surface area contributed by atoms with E-state index in [1.54, 1.807) is 11.9 Å². The number of anilines is 2. The highest BCUT2D eigenvalue weighted by atomic mass is 16.2. The number of hydrogen-bond acceptors (Lipinski definition) is 3. The van der Waals surface area contributed by atoms with E-state index in [9.17, 15) is 4.79 Å². The van der Waals surface area contributed by atoms with Crippen molar-refractivity contribution in [3.05, 3.63) is 29.5 Å². The lowest BCUT2D eigenvalue weighted by atomic mass is 10.1. The minimum Gasteiger partial charge on any atom is -0.369 e. The van der Waals surface area contributed by atoms with Gasteiger partial charge in [0.15, 0.2) is 5.95 Å². The molecular weight excluding hydrogens is 228 g/mol. The zero-order chi connectivity index (χ0) is 12.9. The van der Waals surface area contributed by atoms with Crippen molar-refractivity contribution in [1.29, 1.82) is 0 Å². The second-order valence-electron chi connectivity index (χ2n) is 4.57. The van der Waals surface area contributed by atoms with Gasteiger partial charge >= 0.3 is 0 Å². The Morgan fingerprint density at radius 3 is 2.89 bits per heavy atom. The fourth-order valence-electron chi connectivity index (χ4n) is 2.38. The number of carbonyl (C=O) groups excluding carboxylic acids is 1. The van der Waals surface area contributed by atoms with E-state index in [1.807, 2.05) is 25.1 Å². The summed E-state index contributed by atoms with van der Waals surface area (Å²) in [7, 11) is 1.80. The number of H-pyrrole nitrogens is 1. The molecule has 0 saturated heterocycles.